The normalized spacial score (nSPS) is 10.9. The highest BCUT2D eigenvalue weighted by molar-refractivity contribution is 7.94. The Labute approximate surface area is 166 Å². The first-order chi connectivity index (χ1) is 13.4. The highest BCUT2D eigenvalue weighted by Crippen LogP contribution is 2.20. The number of rotatable bonds is 6. The summed E-state index contributed by atoms with van der Waals surface area (Å²) in [5.41, 5.74) is 6.21. The van der Waals surface area contributed by atoms with Gasteiger partial charge in [0.05, 0.1) is 6.42 Å². The van der Waals surface area contributed by atoms with Gasteiger partial charge in [-0.3, -0.25) is 25.2 Å². The number of amides is 2. The number of hydrogen-bond acceptors (Lipinski definition) is 5. The molecule has 0 unspecified atom stereocenters. The lowest BCUT2D eigenvalue weighted by Crippen LogP contribution is -2.42. The van der Waals surface area contributed by atoms with Crippen LogP contribution in [-0.2, 0) is 21.2 Å². The van der Waals surface area contributed by atoms with Gasteiger partial charge in [0.2, 0.25) is 5.91 Å². The Balaban J connectivity index is 1.52. The van der Waals surface area contributed by atoms with Crippen molar-refractivity contribution in [3.8, 4) is 0 Å². The fourth-order valence-electron chi connectivity index (χ4n) is 2.33. The van der Waals surface area contributed by atoms with Gasteiger partial charge < -0.3 is 0 Å². The lowest BCUT2D eigenvalue weighted by Gasteiger charge is -2.09. The van der Waals surface area contributed by atoms with Crippen LogP contribution in [0.5, 0.6) is 0 Å². The van der Waals surface area contributed by atoms with E-state index in [2.05, 4.69) is 15.6 Å². The van der Waals surface area contributed by atoms with Gasteiger partial charge in [0.15, 0.2) is 0 Å². The second-order valence-electron chi connectivity index (χ2n) is 5.78. The summed E-state index contributed by atoms with van der Waals surface area (Å²) in [5.74, 6) is -0.802. The first kappa shape index (κ1) is 19.6. The SMILES string of the molecule is O=C(Cc1ccc(NS(=O)(=O)c2cccs2)cc1)NNC(=O)c1ccccc1. The van der Waals surface area contributed by atoms with E-state index in [1.54, 1.807) is 66.0 Å². The zero-order valence-electron chi connectivity index (χ0n) is 14.6. The topological polar surface area (TPSA) is 104 Å². The molecular formula is C19H17N3O4S2. The molecule has 1 heterocycles. The van der Waals surface area contributed by atoms with Crippen LogP contribution in [0.3, 0.4) is 0 Å². The quantitative estimate of drug-likeness (QED) is 0.538. The molecule has 1 aromatic heterocycles. The summed E-state index contributed by atoms with van der Waals surface area (Å²) < 4.78 is 27.1. The molecule has 0 saturated heterocycles. The van der Waals surface area contributed by atoms with Gasteiger partial charge in [-0.1, -0.05) is 36.4 Å². The number of benzene rings is 2. The van der Waals surface area contributed by atoms with Gasteiger partial charge in [0.1, 0.15) is 4.21 Å². The van der Waals surface area contributed by atoms with E-state index in [4.69, 9.17) is 0 Å². The van der Waals surface area contributed by atoms with Crippen molar-refractivity contribution >= 4 is 38.9 Å². The van der Waals surface area contributed by atoms with Crippen LogP contribution in [0.2, 0.25) is 0 Å². The Kier molecular flexibility index (Phi) is 6.07. The third-order valence-corrected chi connectivity index (χ3v) is 6.46. The summed E-state index contributed by atoms with van der Waals surface area (Å²) in [5, 5.41) is 1.69. The Bertz CT molecular complexity index is 1050. The Morgan fingerprint density at radius 2 is 1.57 bits per heavy atom. The van der Waals surface area contributed by atoms with E-state index in [1.165, 1.54) is 6.07 Å². The van der Waals surface area contributed by atoms with Crippen LogP contribution in [0, 0.1) is 0 Å². The molecule has 0 fully saturated rings. The zero-order valence-corrected chi connectivity index (χ0v) is 16.2. The number of hydrazine groups is 1. The van der Waals surface area contributed by atoms with Crippen LogP contribution in [0.4, 0.5) is 5.69 Å². The fraction of sp³-hybridized carbons (Fsp3) is 0.0526. The molecule has 9 heteroatoms. The molecule has 3 aromatic rings. The predicted octanol–water partition coefficient (Wildman–Crippen LogP) is 2.55. The number of thiophene rings is 1. The minimum Gasteiger partial charge on any atom is -0.279 e. The van der Waals surface area contributed by atoms with Crippen molar-refractivity contribution in [3.63, 3.8) is 0 Å². The molecule has 0 spiro atoms. The van der Waals surface area contributed by atoms with E-state index in [1.807, 2.05) is 0 Å². The molecular weight excluding hydrogens is 398 g/mol. The second kappa shape index (κ2) is 8.68. The van der Waals surface area contributed by atoms with Crippen LogP contribution in [-0.4, -0.2) is 20.2 Å². The number of carbonyl (C=O) groups excluding carboxylic acids is 2. The number of anilines is 1. The first-order valence-electron chi connectivity index (χ1n) is 8.23. The number of carbonyl (C=O) groups is 2. The van der Waals surface area contributed by atoms with E-state index in [9.17, 15) is 18.0 Å². The zero-order chi connectivity index (χ0) is 20.0. The van der Waals surface area contributed by atoms with Crippen molar-refractivity contribution in [2.45, 2.75) is 10.6 Å². The Morgan fingerprint density at radius 3 is 2.21 bits per heavy atom. The largest absolute Gasteiger partial charge is 0.279 e. The molecule has 2 amide bonds. The molecule has 7 nitrogen and oxygen atoms in total. The smallest absolute Gasteiger partial charge is 0.271 e. The summed E-state index contributed by atoms with van der Waals surface area (Å²) in [6.45, 7) is 0. The van der Waals surface area contributed by atoms with Crippen molar-refractivity contribution in [1.29, 1.82) is 0 Å². The molecule has 2 aromatic carbocycles. The van der Waals surface area contributed by atoms with Gasteiger partial charge in [-0.25, -0.2) is 8.42 Å². The van der Waals surface area contributed by atoms with Gasteiger partial charge in [-0.05, 0) is 41.3 Å². The summed E-state index contributed by atoms with van der Waals surface area (Å²) >= 11 is 1.13. The standard InChI is InChI=1S/C19H17N3O4S2/c23-17(20-21-19(24)15-5-2-1-3-6-15)13-14-8-10-16(11-9-14)22-28(25,26)18-7-4-12-27-18/h1-12,22H,13H2,(H,20,23)(H,21,24). The second-order valence-corrected chi connectivity index (χ2v) is 8.64. The van der Waals surface area contributed by atoms with Crippen LogP contribution in [0.25, 0.3) is 0 Å². The van der Waals surface area contributed by atoms with Crippen molar-refractivity contribution in [2.75, 3.05) is 4.72 Å². The van der Waals surface area contributed by atoms with Crippen molar-refractivity contribution in [1.82, 2.24) is 10.9 Å². The maximum absolute atomic E-state index is 12.2. The van der Waals surface area contributed by atoms with Gasteiger partial charge in [0.25, 0.3) is 15.9 Å². The molecule has 3 N–H and O–H groups in total. The van der Waals surface area contributed by atoms with E-state index < -0.39 is 21.8 Å². The number of hydrogen-bond donors (Lipinski definition) is 3. The lowest BCUT2D eigenvalue weighted by atomic mass is 10.1. The first-order valence-corrected chi connectivity index (χ1v) is 10.6. The predicted molar refractivity (Wildman–Crippen MR) is 107 cm³/mol. The minimum atomic E-state index is -3.61. The van der Waals surface area contributed by atoms with Gasteiger partial charge in [-0.15, -0.1) is 11.3 Å². The summed E-state index contributed by atoms with van der Waals surface area (Å²) in [6, 6.07) is 18.2. The highest BCUT2D eigenvalue weighted by atomic mass is 32.2. The van der Waals surface area contributed by atoms with Crippen molar-refractivity contribution in [3.05, 3.63) is 83.2 Å². The number of sulfonamides is 1. The molecule has 0 aliphatic carbocycles. The lowest BCUT2D eigenvalue weighted by molar-refractivity contribution is -0.121. The minimum absolute atomic E-state index is 0.0347. The van der Waals surface area contributed by atoms with Crippen LogP contribution >= 0.6 is 11.3 Å². The van der Waals surface area contributed by atoms with Crippen molar-refractivity contribution < 1.29 is 18.0 Å². The summed E-state index contributed by atoms with van der Waals surface area (Å²) in [4.78, 5) is 23.9. The van der Waals surface area contributed by atoms with Gasteiger partial charge in [-0.2, -0.15) is 0 Å². The highest BCUT2D eigenvalue weighted by Gasteiger charge is 2.15. The molecule has 144 valence electrons. The molecule has 0 bridgehead atoms. The maximum Gasteiger partial charge on any atom is 0.271 e. The maximum atomic E-state index is 12.2. The van der Waals surface area contributed by atoms with E-state index >= 15 is 0 Å². The Hall–Kier alpha value is -3.17. The molecule has 3 rings (SSSR count). The van der Waals surface area contributed by atoms with Crippen molar-refractivity contribution in [2.24, 2.45) is 0 Å². The average molecular weight is 415 g/mol. The molecule has 28 heavy (non-hydrogen) atoms. The van der Waals surface area contributed by atoms with Crippen LogP contribution in [0.1, 0.15) is 15.9 Å². The van der Waals surface area contributed by atoms with E-state index in [-0.39, 0.29) is 10.6 Å². The molecule has 0 atom stereocenters. The summed E-state index contributed by atoms with van der Waals surface area (Å²) in [7, 11) is -3.61. The number of nitrogens with one attached hydrogen (secondary N) is 3. The van der Waals surface area contributed by atoms with Gasteiger partial charge in [0, 0.05) is 11.3 Å². The monoisotopic (exact) mass is 415 g/mol. The third-order valence-electron chi connectivity index (χ3n) is 3.68. The molecule has 0 aliphatic heterocycles. The Morgan fingerprint density at radius 1 is 0.857 bits per heavy atom. The fourth-order valence-corrected chi connectivity index (χ4v) is 4.38. The molecule has 0 radical (unpaired) electrons. The van der Waals surface area contributed by atoms with Crippen LogP contribution < -0.4 is 15.6 Å². The van der Waals surface area contributed by atoms with E-state index in [0.717, 1.165) is 11.3 Å². The summed E-state index contributed by atoms with van der Waals surface area (Å²) in [6.07, 6.45) is 0.0347. The molecule has 0 aliphatic rings. The van der Waals surface area contributed by atoms with E-state index in [0.29, 0.717) is 16.8 Å². The van der Waals surface area contributed by atoms with Gasteiger partial charge >= 0.3 is 0 Å². The third kappa shape index (κ3) is 5.18. The average Bonchev–Trinajstić information content (AvgIpc) is 3.24. The van der Waals surface area contributed by atoms with Crippen LogP contribution in [0.15, 0.2) is 76.3 Å². The molecule has 0 saturated carbocycles.